The van der Waals surface area contributed by atoms with Crippen molar-refractivity contribution in [1.82, 2.24) is 0 Å². The van der Waals surface area contributed by atoms with Gasteiger partial charge in [-0.3, -0.25) is 4.79 Å². The van der Waals surface area contributed by atoms with Gasteiger partial charge in [-0.2, -0.15) is 0 Å². The number of halogens is 1. The van der Waals surface area contributed by atoms with E-state index >= 15 is 0 Å². The van der Waals surface area contributed by atoms with Gasteiger partial charge >= 0.3 is 5.97 Å². The summed E-state index contributed by atoms with van der Waals surface area (Å²) in [6, 6.07) is 10.8. The molecule has 2 rings (SSSR count). The first kappa shape index (κ1) is 19.3. The fourth-order valence-corrected chi connectivity index (χ4v) is 2.40. The molecular weight excluding hydrogens is 363 g/mol. The summed E-state index contributed by atoms with van der Waals surface area (Å²) < 4.78 is 40.0. The number of ether oxygens (including phenoxy) is 1. The van der Waals surface area contributed by atoms with Crippen molar-refractivity contribution in [2.75, 3.05) is 11.9 Å². The number of hydrogen-bond donors (Lipinski definition) is 2. The Bertz CT molecular complexity index is 940. The van der Waals surface area contributed by atoms with Crippen LogP contribution < -0.4 is 10.5 Å². The third kappa shape index (κ3) is 6.11. The zero-order chi connectivity index (χ0) is 19.2. The average molecular weight is 378 g/mol. The molecular formula is C17H15FN2O5S. The van der Waals surface area contributed by atoms with Crippen molar-refractivity contribution >= 4 is 33.7 Å². The molecule has 0 bridgehead atoms. The fraction of sp³-hybridized carbons (Fsp3) is 0.0588. The van der Waals surface area contributed by atoms with Crippen LogP contribution in [-0.4, -0.2) is 26.9 Å². The van der Waals surface area contributed by atoms with E-state index in [1.807, 2.05) is 0 Å². The smallest absolute Gasteiger partial charge is 0.331 e. The maximum absolute atomic E-state index is 13.0. The van der Waals surface area contributed by atoms with Gasteiger partial charge in [-0.1, -0.05) is 12.1 Å². The van der Waals surface area contributed by atoms with E-state index in [2.05, 4.69) is 5.32 Å². The quantitative estimate of drug-likeness (QED) is 0.586. The van der Waals surface area contributed by atoms with E-state index < -0.39 is 34.3 Å². The Morgan fingerprint density at radius 1 is 1.15 bits per heavy atom. The zero-order valence-corrected chi connectivity index (χ0v) is 14.2. The van der Waals surface area contributed by atoms with Crippen LogP contribution in [0.2, 0.25) is 0 Å². The van der Waals surface area contributed by atoms with E-state index in [-0.39, 0.29) is 4.90 Å². The molecule has 7 nitrogen and oxygen atoms in total. The summed E-state index contributed by atoms with van der Waals surface area (Å²) in [7, 11) is -3.81. The van der Waals surface area contributed by atoms with Crippen molar-refractivity contribution < 1.29 is 27.1 Å². The molecule has 0 unspecified atom stereocenters. The Hall–Kier alpha value is -3.04. The number of amides is 1. The molecule has 0 aliphatic carbocycles. The van der Waals surface area contributed by atoms with Gasteiger partial charge in [0.15, 0.2) is 6.61 Å². The Morgan fingerprint density at radius 2 is 1.85 bits per heavy atom. The number of carbonyl (C=O) groups is 2. The number of esters is 1. The molecule has 0 aliphatic rings. The molecule has 26 heavy (non-hydrogen) atoms. The minimum Gasteiger partial charge on any atom is -0.452 e. The normalized spacial score (nSPS) is 11.3. The highest BCUT2D eigenvalue weighted by Crippen LogP contribution is 2.12. The van der Waals surface area contributed by atoms with Crippen LogP contribution in [0.3, 0.4) is 0 Å². The van der Waals surface area contributed by atoms with Gasteiger partial charge in [0.2, 0.25) is 10.0 Å². The third-order valence-corrected chi connectivity index (χ3v) is 4.00. The molecule has 0 fully saturated rings. The monoisotopic (exact) mass is 378 g/mol. The SMILES string of the molecule is NS(=O)(=O)c1ccc(NC(=O)COC(=O)/C=C/c2cccc(F)c2)cc1. The standard InChI is InChI=1S/C17H15FN2O5S/c18-13-3-1-2-12(10-13)4-9-17(22)25-11-16(21)20-14-5-7-15(8-6-14)26(19,23)24/h1-10H,11H2,(H,20,21)(H2,19,23,24)/b9-4+. The summed E-state index contributed by atoms with van der Waals surface area (Å²) in [4.78, 5) is 23.2. The van der Waals surface area contributed by atoms with Crippen LogP contribution in [0.5, 0.6) is 0 Å². The van der Waals surface area contributed by atoms with Gasteiger partial charge in [-0.15, -0.1) is 0 Å². The molecule has 136 valence electrons. The van der Waals surface area contributed by atoms with Crippen LogP contribution in [0.15, 0.2) is 59.5 Å². The van der Waals surface area contributed by atoms with E-state index in [1.165, 1.54) is 48.5 Å². The van der Waals surface area contributed by atoms with Gasteiger partial charge in [0, 0.05) is 11.8 Å². The predicted octanol–water partition coefficient (Wildman–Crippen LogP) is 1.67. The van der Waals surface area contributed by atoms with Crippen LogP contribution in [0, 0.1) is 5.82 Å². The Labute approximate surface area is 149 Å². The first-order chi connectivity index (χ1) is 12.2. The van der Waals surface area contributed by atoms with Crippen molar-refractivity contribution in [3.8, 4) is 0 Å². The van der Waals surface area contributed by atoms with Crippen LogP contribution in [0.25, 0.3) is 6.08 Å². The molecule has 0 heterocycles. The molecule has 0 aliphatic heterocycles. The molecule has 0 radical (unpaired) electrons. The van der Waals surface area contributed by atoms with Gasteiger partial charge in [0.05, 0.1) is 4.90 Å². The first-order valence-corrected chi connectivity index (χ1v) is 8.82. The number of rotatable bonds is 6. The van der Waals surface area contributed by atoms with Crippen LogP contribution in [-0.2, 0) is 24.3 Å². The molecule has 1 amide bonds. The predicted molar refractivity (Wildman–Crippen MR) is 92.8 cm³/mol. The van der Waals surface area contributed by atoms with Gasteiger partial charge in [0.1, 0.15) is 5.82 Å². The van der Waals surface area contributed by atoms with E-state index in [0.29, 0.717) is 11.3 Å². The second kappa shape index (κ2) is 8.37. The number of nitrogens with one attached hydrogen (secondary N) is 1. The maximum Gasteiger partial charge on any atom is 0.331 e. The van der Waals surface area contributed by atoms with E-state index in [4.69, 9.17) is 9.88 Å². The van der Waals surface area contributed by atoms with Crippen molar-refractivity contribution in [2.24, 2.45) is 5.14 Å². The summed E-state index contributed by atoms with van der Waals surface area (Å²) in [5, 5.41) is 7.40. The lowest BCUT2D eigenvalue weighted by Crippen LogP contribution is -2.20. The summed E-state index contributed by atoms with van der Waals surface area (Å²) >= 11 is 0. The van der Waals surface area contributed by atoms with E-state index in [9.17, 15) is 22.4 Å². The maximum atomic E-state index is 13.0. The lowest BCUT2D eigenvalue weighted by Gasteiger charge is -2.06. The number of primary sulfonamides is 1. The number of sulfonamides is 1. The molecule has 0 atom stereocenters. The van der Waals surface area contributed by atoms with Crippen molar-refractivity contribution in [1.29, 1.82) is 0 Å². The van der Waals surface area contributed by atoms with Crippen molar-refractivity contribution in [3.63, 3.8) is 0 Å². The van der Waals surface area contributed by atoms with Gasteiger partial charge in [-0.25, -0.2) is 22.7 Å². The van der Waals surface area contributed by atoms with Crippen LogP contribution >= 0.6 is 0 Å². The summed E-state index contributed by atoms with van der Waals surface area (Å²) in [6.07, 6.45) is 2.43. The summed E-state index contributed by atoms with van der Waals surface area (Å²) in [5.74, 6) is -1.82. The molecule has 0 saturated heterocycles. The van der Waals surface area contributed by atoms with E-state index in [0.717, 1.165) is 6.08 Å². The second-order valence-corrected chi connectivity index (χ2v) is 6.68. The summed E-state index contributed by atoms with van der Waals surface area (Å²) in [5.41, 5.74) is 0.787. The Morgan fingerprint density at radius 3 is 2.46 bits per heavy atom. The minimum atomic E-state index is -3.81. The highest BCUT2D eigenvalue weighted by molar-refractivity contribution is 7.89. The molecule has 9 heteroatoms. The number of benzene rings is 2. The lowest BCUT2D eigenvalue weighted by atomic mass is 10.2. The molecule has 3 N–H and O–H groups in total. The lowest BCUT2D eigenvalue weighted by molar-refractivity contribution is -0.142. The molecule has 2 aromatic rings. The molecule has 0 spiro atoms. The highest BCUT2D eigenvalue weighted by Gasteiger charge is 2.09. The van der Waals surface area contributed by atoms with Crippen molar-refractivity contribution in [3.05, 3.63) is 66.0 Å². The fourth-order valence-electron chi connectivity index (χ4n) is 1.88. The number of nitrogens with two attached hydrogens (primary N) is 1. The molecule has 2 aromatic carbocycles. The van der Waals surface area contributed by atoms with E-state index in [1.54, 1.807) is 6.07 Å². The second-order valence-electron chi connectivity index (χ2n) is 5.11. The number of carbonyl (C=O) groups excluding carboxylic acids is 2. The Kier molecular flexibility index (Phi) is 6.21. The first-order valence-electron chi connectivity index (χ1n) is 7.27. The average Bonchev–Trinajstić information content (AvgIpc) is 2.58. The topological polar surface area (TPSA) is 116 Å². The Balaban J connectivity index is 1.83. The number of anilines is 1. The molecule has 0 aromatic heterocycles. The zero-order valence-electron chi connectivity index (χ0n) is 13.4. The van der Waals surface area contributed by atoms with Crippen LogP contribution in [0.4, 0.5) is 10.1 Å². The van der Waals surface area contributed by atoms with Crippen molar-refractivity contribution in [2.45, 2.75) is 4.90 Å². The van der Waals surface area contributed by atoms with Gasteiger partial charge in [0.25, 0.3) is 5.91 Å². The van der Waals surface area contributed by atoms with Gasteiger partial charge in [-0.05, 0) is 48.0 Å². The number of hydrogen-bond acceptors (Lipinski definition) is 5. The largest absolute Gasteiger partial charge is 0.452 e. The molecule has 0 saturated carbocycles. The van der Waals surface area contributed by atoms with Crippen LogP contribution in [0.1, 0.15) is 5.56 Å². The third-order valence-electron chi connectivity index (χ3n) is 3.07. The highest BCUT2D eigenvalue weighted by atomic mass is 32.2. The summed E-state index contributed by atoms with van der Waals surface area (Å²) in [6.45, 7) is -0.538. The van der Waals surface area contributed by atoms with Gasteiger partial charge < -0.3 is 10.1 Å². The minimum absolute atomic E-state index is 0.0931.